The fraction of sp³-hybridized carbons (Fsp3) is 0.571. The normalized spacial score (nSPS) is 14.8. The number of aliphatic imine (C=N–C) groups is 1. The average Bonchev–Trinajstić information content (AvgIpc) is 2.60. The second-order valence-electron chi connectivity index (χ2n) is 8.15. The third-order valence-electron chi connectivity index (χ3n) is 4.27. The smallest absolute Gasteiger partial charge is 0.410 e. The van der Waals surface area contributed by atoms with Gasteiger partial charge in [-0.05, 0) is 44.9 Å². The van der Waals surface area contributed by atoms with Gasteiger partial charge in [0.2, 0.25) is 5.91 Å². The van der Waals surface area contributed by atoms with E-state index < -0.39 is 5.60 Å². The molecule has 1 aromatic carbocycles. The van der Waals surface area contributed by atoms with Crippen molar-refractivity contribution in [2.45, 2.75) is 58.7 Å². The number of rotatable bonds is 6. The molecule has 0 aliphatic carbocycles. The topological polar surface area (TPSA) is 95.1 Å². The third-order valence-corrected chi connectivity index (χ3v) is 4.27. The van der Waals surface area contributed by atoms with Crippen molar-refractivity contribution in [1.29, 1.82) is 0 Å². The quantitative estimate of drug-likeness (QED) is 0.501. The maximum absolute atomic E-state index is 12.0. The molecule has 0 aromatic heterocycles. The number of ether oxygens (including phenoxy) is 1. The Hall–Kier alpha value is -2.77. The molecule has 1 aliphatic heterocycles. The minimum atomic E-state index is -0.485. The van der Waals surface area contributed by atoms with E-state index in [2.05, 4.69) is 20.9 Å². The van der Waals surface area contributed by atoms with Crippen LogP contribution in [0.3, 0.4) is 0 Å². The van der Waals surface area contributed by atoms with E-state index in [4.69, 9.17) is 4.74 Å². The molecule has 1 heterocycles. The van der Waals surface area contributed by atoms with Crippen LogP contribution in [0, 0.1) is 0 Å². The summed E-state index contributed by atoms with van der Waals surface area (Å²) in [7, 11) is 1.71. The van der Waals surface area contributed by atoms with Gasteiger partial charge in [0, 0.05) is 38.8 Å². The number of benzene rings is 1. The number of hydrogen-bond acceptors (Lipinski definition) is 4. The van der Waals surface area contributed by atoms with E-state index in [0.717, 1.165) is 17.7 Å². The fourth-order valence-electron chi connectivity index (χ4n) is 2.78. The Morgan fingerprint density at radius 3 is 2.41 bits per heavy atom. The van der Waals surface area contributed by atoms with Crippen molar-refractivity contribution in [3.05, 3.63) is 29.8 Å². The molecule has 160 valence electrons. The van der Waals surface area contributed by atoms with Crippen LogP contribution >= 0.6 is 0 Å². The molecule has 0 bridgehead atoms. The molecule has 0 unspecified atom stereocenters. The lowest BCUT2D eigenvalue weighted by Crippen LogP contribution is -2.63. The van der Waals surface area contributed by atoms with Crippen LogP contribution < -0.4 is 16.0 Å². The lowest BCUT2D eigenvalue weighted by molar-refractivity contribution is -0.116. The number of carbonyl (C=O) groups excluding carboxylic acids is 2. The minimum Gasteiger partial charge on any atom is -0.444 e. The highest BCUT2D eigenvalue weighted by Gasteiger charge is 2.34. The van der Waals surface area contributed by atoms with E-state index in [1.54, 1.807) is 11.9 Å². The first-order chi connectivity index (χ1) is 13.7. The van der Waals surface area contributed by atoms with Gasteiger partial charge >= 0.3 is 6.09 Å². The van der Waals surface area contributed by atoms with Gasteiger partial charge in [0.15, 0.2) is 5.96 Å². The maximum atomic E-state index is 12.0. The van der Waals surface area contributed by atoms with Crippen LogP contribution in [0.15, 0.2) is 29.3 Å². The number of anilines is 1. The zero-order valence-electron chi connectivity index (χ0n) is 18.0. The van der Waals surface area contributed by atoms with Crippen molar-refractivity contribution < 1.29 is 14.3 Å². The Morgan fingerprint density at radius 1 is 1.21 bits per heavy atom. The summed E-state index contributed by atoms with van der Waals surface area (Å²) in [5.41, 5.74) is 1.39. The molecule has 1 aliphatic rings. The summed E-state index contributed by atoms with van der Waals surface area (Å²) < 4.78 is 5.36. The molecule has 1 fully saturated rings. The van der Waals surface area contributed by atoms with Gasteiger partial charge in [0.25, 0.3) is 0 Å². The first-order valence-electron chi connectivity index (χ1n) is 10.0. The van der Waals surface area contributed by atoms with Gasteiger partial charge in [-0.2, -0.15) is 0 Å². The zero-order valence-corrected chi connectivity index (χ0v) is 18.0. The zero-order chi connectivity index (χ0) is 21.4. The summed E-state index contributed by atoms with van der Waals surface area (Å²) in [5.74, 6) is 0.711. The molecule has 2 rings (SSSR count). The Kier molecular flexibility index (Phi) is 7.87. The molecule has 0 radical (unpaired) electrons. The lowest BCUT2D eigenvalue weighted by Gasteiger charge is -2.40. The number of hydrogen-bond donors (Lipinski definition) is 3. The van der Waals surface area contributed by atoms with E-state index in [9.17, 15) is 9.59 Å². The van der Waals surface area contributed by atoms with Gasteiger partial charge in [-0.1, -0.05) is 19.1 Å². The van der Waals surface area contributed by atoms with Gasteiger partial charge in [-0.3, -0.25) is 9.79 Å². The van der Waals surface area contributed by atoms with Crippen LogP contribution in [0.1, 0.15) is 46.1 Å². The molecule has 3 N–H and O–H groups in total. The van der Waals surface area contributed by atoms with Crippen molar-refractivity contribution in [2.75, 3.05) is 25.5 Å². The highest BCUT2D eigenvalue weighted by atomic mass is 16.6. The Labute approximate surface area is 173 Å². The molecular weight excluding hydrogens is 370 g/mol. The van der Waals surface area contributed by atoms with Crippen LogP contribution in [0.5, 0.6) is 0 Å². The molecule has 0 saturated carbocycles. The van der Waals surface area contributed by atoms with Gasteiger partial charge in [0.1, 0.15) is 5.60 Å². The van der Waals surface area contributed by atoms with E-state index in [1.807, 2.05) is 52.0 Å². The van der Waals surface area contributed by atoms with Crippen LogP contribution in [0.25, 0.3) is 0 Å². The molecule has 8 nitrogen and oxygen atoms in total. The monoisotopic (exact) mass is 403 g/mol. The predicted molar refractivity (Wildman–Crippen MR) is 115 cm³/mol. The number of likely N-dealkylation sites (tertiary alicyclic amines) is 1. The summed E-state index contributed by atoms with van der Waals surface area (Å²) in [6.45, 7) is 9.33. The van der Waals surface area contributed by atoms with Crippen LogP contribution in [-0.4, -0.2) is 54.6 Å². The van der Waals surface area contributed by atoms with Crippen molar-refractivity contribution in [2.24, 2.45) is 4.99 Å². The second kappa shape index (κ2) is 10.1. The molecule has 1 saturated heterocycles. The van der Waals surface area contributed by atoms with E-state index in [-0.39, 0.29) is 18.0 Å². The number of carbonyl (C=O) groups is 2. The van der Waals surface area contributed by atoms with E-state index in [1.165, 1.54) is 0 Å². The Bertz CT molecular complexity index is 719. The van der Waals surface area contributed by atoms with Crippen LogP contribution in [-0.2, 0) is 16.1 Å². The Morgan fingerprint density at radius 2 is 1.86 bits per heavy atom. The van der Waals surface area contributed by atoms with Gasteiger partial charge < -0.3 is 25.6 Å². The number of nitrogens with one attached hydrogen (secondary N) is 3. The number of guanidine groups is 1. The first kappa shape index (κ1) is 22.5. The summed E-state index contributed by atoms with van der Waals surface area (Å²) >= 11 is 0. The van der Waals surface area contributed by atoms with Gasteiger partial charge in [-0.15, -0.1) is 0 Å². The van der Waals surface area contributed by atoms with E-state index in [0.29, 0.717) is 32.0 Å². The van der Waals surface area contributed by atoms with Crippen molar-refractivity contribution in [1.82, 2.24) is 15.5 Å². The standard InChI is InChI=1S/C21H33N5O3/c1-6-7-18(27)24-16-10-8-15(9-11-16)12-23-19(22-5)25-17-13-26(14-17)20(28)29-21(2,3)4/h8-11,17H,6-7,12-14H2,1-5H3,(H,24,27)(H2,22,23,25). The van der Waals surface area contributed by atoms with Gasteiger partial charge in [-0.25, -0.2) is 4.79 Å². The molecule has 0 spiro atoms. The summed E-state index contributed by atoms with van der Waals surface area (Å²) in [5, 5.41) is 9.45. The maximum Gasteiger partial charge on any atom is 0.410 e. The fourth-order valence-corrected chi connectivity index (χ4v) is 2.78. The van der Waals surface area contributed by atoms with Crippen molar-refractivity contribution in [3.63, 3.8) is 0 Å². The van der Waals surface area contributed by atoms with Crippen LogP contribution in [0.4, 0.5) is 10.5 Å². The van der Waals surface area contributed by atoms with Gasteiger partial charge in [0.05, 0.1) is 6.04 Å². The summed E-state index contributed by atoms with van der Waals surface area (Å²) in [4.78, 5) is 29.5. The molecule has 0 atom stereocenters. The lowest BCUT2D eigenvalue weighted by atomic mass is 10.1. The summed E-state index contributed by atoms with van der Waals surface area (Å²) in [6, 6.07) is 7.87. The third kappa shape index (κ3) is 7.63. The molecular formula is C21H33N5O3. The largest absolute Gasteiger partial charge is 0.444 e. The van der Waals surface area contributed by atoms with Crippen molar-refractivity contribution in [3.8, 4) is 0 Å². The molecule has 1 aromatic rings. The predicted octanol–water partition coefficient (Wildman–Crippen LogP) is 2.71. The molecule has 29 heavy (non-hydrogen) atoms. The first-order valence-corrected chi connectivity index (χ1v) is 10.0. The molecule has 2 amide bonds. The SMILES string of the molecule is CCCC(=O)Nc1ccc(CNC(=NC)NC2CN(C(=O)OC(C)(C)C)C2)cc1. The number of nitrogens with zero attached hydrogens (tertiary/aromatic N) is 2. The molecule has 8 heteroatoms. The van der Waals surface area contributed by atoms with Crippen LogP contribution in [0.2, 0.25) is 0 Å². The Balaban J connectivity index is 1.73. The second-order valence-corrected chi connectivity index (χ2v) is 8.15. The van der Waals surface area contributed by atoms with Crippen molar-refractivity contribution >= 4 is 23.6 Å². The highest BCUT2D eigenvalue weighted by Crippen LogP contribution is 2.15. The summed E-state index contributed by atoms with van der Waals surface area (Å²) in [6.07, 6.45) is 1.07. The average molecular weight is 404 g/mol. The highest BCUT2D eigenvalue weighted by molar-refractivity contribution is 5.90. The van der Waals surface area contributed by atoms with E-state index >= 15 is 0 Å². The number of amides is 2. The minimum absolute atomic E-state index is 0.0314.